The lowest BCUT2D eigenvalue weighted by Gasteiger charge is -2.24. The van der Waals surface area contributed by atoms with Gasteiger partial charge >= 0.3 is 0 Å². The average molecular weight is 514 g/mol. The molecular formula is C23H28ClN9O3. The fourth-order valence-corrected chi connectivity index (χ4v) is 4.17. The number of carbonyl (C=O) groups is 3. The highest BCUT2D eigenvalue weighted by atomic mass is 35.5. The molecule has 0 radical (unpaired) electrons. The number of hydrogen-bond acceptors (Lipinski definition) is 8. The Morgan fingerprint density at radius 3 is 2.64 bits per heavy atom. The summed E-state index contributed by atoms with van der Waals surface area (Å²) >= 11 is 6.02. The standard InChI is InChI=1S/C23H28ClN9O3/c1-12-19(35)30-17(10-13-11-27-15-7-3-2-6-14(13)15)20(36)29-16(18(25)34)8-4-5-9-26-22-31-21(24)32-23(28-12)33-22/h2-3,6-7,11-12,16-17,27H,4-5,8-10H2,1H3,(H2,25,34)(H,29,36)(H,30,35)(H2,26,28,31,32,33)/t12-,16+,17-/m0/s1. The molecule has 2 aromatic heterocycles. The van der Waals surface area contributed by atoms with Gasteiger partial charge in [-0.05, 0) is 49.4 Å². The molecule has 0 spiro atoms. The van der Waals surface area contributed by atoms with E-state index in [1.165, 1.54) is 0 Å². The molecule has 3 amide bonds. The van der Waals surface area contributed by atoms with Crippen LogP contribution in [-0.2, 0) is 20.8 Å². The van der Waals surface area contributed by atoms with Crippen molar-refractivity contribution in [2.45, 2.75) is 50.7 Å². The number of para-hydroxylation sites is 1. The Hall–Kier alpha value is -3.93. The minimum Gasteiger partial charge on any atom is -0.368 e. The Labute approximate surface area is 212 Å². The molecule has 7 N–H and O–H groups in total. The van der Waals surface area contributed by atoms with Gasteiger partial charge in [0.2, 0.25) is 34.9 Å². The van der Waals surface area contributed by atoms with E-state index in [2.05, 4.69) is 41.2 Å². The maximum Gasteiger partial charge on any atom is 0.243 e. The van der Waals surface area contributed by atoms with Crippen molar-refractivity contribution in [3.63, 3.8) is 0 Å². The van der Waals surface area contributed by atoms with Gasteiger partial charge in [-0.15, -0.1) is 0 Å². The fraction of sp³-hybridized carbons (Fsp3) is 0.391. The molecule has 36 heavy (non-hydrogen) atoms. The van der Waals surface area contributed by atoms with E-state index in [4.69, 9.17) is 17.3 Å². The van der Waals surface area contributed by atoms with E-state index in [-0.39, 0.29) is 23.6 Å². The number of primary amides is 1. The van der Waals surface area contributed by atoms with Gasteiger partial charge in [-0.2, -0.15) is 15.0 Å². The molecular weight excluding hydrogens is 486 g/mol. The van der Waals surface area contributed by atoms with E-state index in [0.29, 0.717) is 25.8 Å². The number of aromatic amines is 1. The third-order valence-electron chi connectivity index (χ3n) is 5.94. The summed E-state index contributed by atoms with van der Waals surface area (Å²) in [6.07, 6.45) is 3.61. The Morgan fingerprint density at radius 2 is 1.83 bits per heavy atom. The van der Waals surface area contributed by atoms with Crippen molar-refractivity contribution in [3.8, 4) is 0 Å². The van der Waals surface area contributed by atoms with Crippen molar-refractivity contribution in [2.24, 2.45) is 5.73 Å². The van der Waals surface area contributed by atoms with Crippen molar-refractivity contribution in [2.75, 3.05) is 17.2 Å². The summed E-state index contributed by atoms with van der Waals surface area (Å²) in [5.74, 6) is -1.23. The van der Waals surface area contributed by atoms with Gasteiger partial charge in [0.1, 0.15) is 18.1 Å². The average Bonchev–Trinajstić information content (AvgIpc) is 3.24. The number of H-pyrrole nitrogens is 1. The molecule has 3 atom stereocenters. The number of fused-ring (bicyclic) bond motifs is 3. The molecule has 2 bridgehead atoms. The van der Waals surface area contributed by atoms with Crippen LogP contribution in [0.4, 0.5) is 11.9 Å². The number of amides is 3. The van der Waals surface area contributed by atoms with Gasteiger partial charge in [0.25, 0.3) is 0 Å². The van der Waals surface area contributed by atoms with Gasteiger partial charge in [0.05, 0.1) is 0 Å². The molecule has 0 aliphatic carbocycles. The maximum absolute atomic E-state index is 13.3. The van der Waals surface area contributed by atoms with Crippen LogP contribution in [0.25, 0.3) is 10.9 Å². The second-order valence-corrected chi connectivity index (χ2v) is 8.97. The number of nitrogens with two attached hydrogens (primary N) is 1. The van der Waals surface area contributed by atoms with Crippen LogP contribution in [0, 0.1) is 0 Å². The van der Waals surface area contributed by atoms with Crippen LogP contribution < -0.4 is 27.0 Å². The predicted molar refractivity (Wildman–Crippen MR) is 135 cm³/mol. The molecule has 3 heterocycles. The summed E-state index contributed by atoms with van der Waals surface area (Å²) < 4.78 is 0. The largest absolute Gasteiger partial charge is 0.368 e. The van der Waals surface area contributed by atoms with Crippen LogP contribution >= 0.6 is 11.6 Å². The summed E-state index contributed by atoms with van der Waals surface area (Å²) in [5.41, 5.74) is 7.32. The lowest BCUT2D eigenvalue weighted by molar-refractivity contribution is -0.131. The highest BCUT2D eigenvalue weighted by molar-refractivity contribution is 6.28. The number of benzene rings is 1. The number of halogens is 1. The SMILES string of the molecule is C[C@@H]1Nc2nc(Cl)nc(n2)NCCCC[C@H](C(N)=O)NC(=O)[C@H](Cc2c[nH]c3ccccc23)NC1=O. The topological polar surface area (TPSA) is 180 Å². The molecule has 190 valence electrons. The first kappa shape index (κ1) is 25.2. The molecule has 0 fully saturated rings. The molecule has 1 aliphatic rings. The number of aromatic nitrogens is 4. The first-order chi connectivity index (χ1) is 17.3. The van der Waals surface area contributed by atoms with Crippen LogP contribution in [0.3, 0.4) is 0 Å². The molecule has 0 saturated heterocycles. The van der Waals surface area contributed by atoms with Crippen LogP contribution in [0.5, 0.6) is 0 Å². The van der Waals surface area contributed by atoms with E-state index in [9.17, 15) is 14.4 Å². The zero-order valence-corrected chi connectivity index (χ0v) is 20.4. The summed E-state index contributed by atoms with van der Waals surface area (Å²) in [6.45, 7) is 2.11. The van der Waals surface area contributed by atoms with Gasteiger partial charge < -0.3 is 32.0 Å². The Morgan fingerprint density at radius 1 is 1.06 bits per heavy atom. The molecule has 3 aromatic rings. The summed E-state index contributed by atoms with van der Waals surface area (Å²) in [7, 11) is 0. The van der Waals surface area contributed by atoms with Gasteiger partial charge in [-0.25, -0.2) is 0 Å². The third kappa shape index (κ3) is 6.19. The van der Waals surface area contributed by atoms with E-state index in [0.717, 1.165) is 16.5 Å². The van der Waals surface area contributed by atoms with Crippen molar-refractivity contribution in [3.05, 3.63) is 41.3 Å². The van der Waals surface area contributed by atoms with E-state index < -0.39 is 35.8 Å². The van der Waals surface area contributed by atoms with Crippen LogP contribution in [-0.4, -0.2) is 62.3 Å². The number of nitrogens with one attached hydrogen (secondary N) is 5. The molecule has 4 rings (SSSR count). The van der Waals surface area contributed by atoms with Crippen molar-refractivity contribution < 1.29 is 14.4 Å². The second-order valence-electron chi connectivity index (χ2n) is 8.63. The number of nitrogens with zero attached hydrogens (tertiary/aromatic N) is 3. The number of hydrogen-bond donors (Lipinski definition) is 6. The van der Waals surface area contributed by atoms with E-state index in [1.54, 1.807) is 13.1 Å². The Bertz CT molecular complexity index is 1260. The third-order valence-corrected chi connectivity index (χ3v) is 6.11. The highest BCUT2D eigenvalue weighted by Crippen LogP contribution is 2.20. The van der Waals surface area contributed by atoms with Crippen molar-refractivity contribution in [1.82, 2.24) is 30.6 Å². The molecule has 1 aromatic carbocycles. The van der Waals surface area contributed by atoms with Gasteiger partial charge in [0.15, 0.2) is 0 Å². The normalized spacial score (nSPS) is 21.7. The van der Waals surface area contributed by atoms with Crippen LogP contribution in [0.15, 0.2) is 30.5 Å². The molecule has 0 unspecified atom stereocenters. The quantitative estimate of drug-likeness (QED) is 0.301. The molecule has 1 aliphatic heterocycles. The first-order valence-corrected chi connectivity index (χ1v) is 12.0. The maximum atomic E-state index is 13.3. The summed E-state index contributed by atoms with van der Waals surface area (Å²) in [5, 5.41) is 12.3. The monoisotopic (exact) mass is 513 g/mol. The molecule has 13 heteroatoms. The predicted octanol–water partition coefficient (Wildman–Crippen LogP) is 1.10. The minimum atomic E-state index is -0.963. The smallest absolute Gasteiger partial charge is 0.243 e. The van der Waals surface area contributed by atoms with Crippen LogP contribution in [0.2, 0.25) is 5.28 Å². The second kappa shape index (κ2) is 11.2. The highest BCUT2D eigenvalue weighted by Gasteiger charge is 2.28. The summed E-state index contributed by atoms with van der Waals surface area (Å²) in [4.78, 5) is 53.9. The zero-order valence-electron chi connectivity index (χ0n) is 19.7. The number of anilines is 2. The van der Waals surface area contributed by atoms with E-state index in [1.807, 2.05) is 24.3 Å². The van der Waals surface area contributed by atoms with Gasteiger partial charge in [0, 0.05) is 30.1 Å². The number of rotatable bonds is 3. The molecule has 0 saturated carbocycles. The molecule has 12 nitrogen and oxygen atoms in total. The Balaban J connectivity index is 1.62. The van der Waals surface area contributed by atoms with Crippen molar-refractivity contribution in [1.29, 1.82) is 0 Å². The zero-order chi connectivity index (χ0) is 25.7. The summed E-state index contributed by atoms with van der Waals surface area (Å²) in [6, 6.07) is 5.01. The Kier molecular flexibility index (Phi) is 7.84. The van der Waals surface area contributed by atoms with Crippen LogP contribution in [0.1, 0.15) is 31.7 Å². The van der Waals surface area contributed by atoms with Crippen molar-refractivity contribution >= 4 is 52.1 Å². The lowest BCUT2D eigenvalue weighted by atomic mass is 10.0. The fourth-order valence-electron chi connectivity index (χ4n) is 4.01. The first-order valence-electron chi connectivity index (χ1n) is 11.7. The van der Waals surface area contributed by atoms with Gasteiger partial charge in [-0.3, -0.25) is 14.4 Å². The minimum absolute atomic E-state index is 0.0332. The van der Waals surface area contributed by atoms with Gasteiger partial charge in [-0.1, -0.05) is 18.2 Å². The van der Waals surface area contributed by atoms with E-state index >= 15 is 0 Å². The number of carbonyl (C=O) groups excluding carboxylic acids is 3. The lowest BCUT2D eigenvalue weighted by Crippen LogP contribution is -2.55.